The molecule has 2 aromatic heterocycles. The van der Waals surface area contributed by atoms with Crippen molar-refractivity contribution < 1.29 is 9.53 Å². The third-order valence-electron chi connectivity index (χ3n) is 4.39. The molecule has 0 unspecified atom stereocenters. The highest BCUT2D eigenvalue weighted by Gasteiger charge is 2.18. The van der Waals surface area contributed by atoms with Gasteiger partial charge >= 0.3 is 0 Å². The number of anilines is 1. The third kappa shape index (κ3) is 6.27. The molecule has 2 rings (SSSR count). The molecule has 2 N–H and O–H groups in total. The Labute approximate surface area is 190 Å². The number of amides is 1. The van der Waals surface area contributed by atoms with Gasteiger partial charge in [0, 0.05) is 31.9 Å². The Morgan fingerprint density at radius 2 is 2.20 bits per heavy atom. The molecule has 7 nitrogen and oxygen atoms in total. The fourth-order valence-corrected chi connectivity index (χ4v) is 3.26. The van der Waals surface area contributed by atoms with Crippen LogP contribution in [0.15, 0.2) is 31.0 Å². The lowest BCUT2D eigenvalue weighted by Crippen LogP contribution is -2.32. The SMILES string of the molecule is C=Cc1cc(Cl)cnc1OCCCCN(CC)C(=O)c1ccc(NC)c(C(=N)Br)n1. The number of nitrogens with one attached hydrogen (secondary N) is 2. The van der Waals surface area contributed by atoms with E-state index in [0.29, 0.717) is 47.7 Å². The topological polar surface area (TPSA) is 91.2 Å². The Balaban J connectivity index is 1.91. The van der Waals surface area contributed by atoms with E-state index >= 15 is 0 Å². The lowest BCUT2D eigenvalue weighted by Gasteiger charge is -2.21. The average Bonchev–Trinajstić information content (AvgIpc) is 2.75. The molecule has 0 spiro atoms. The van der Waals surface area contributed by atoms with Crippen molar-refractivity contribution in [2.24, 2.45) is 0 Å². The van der Waals surface area contributed by atoms with Gasteiger partial charge in [0.25, 0.3) is 5.91 Å². The summed E-state index contributed by atoms with van der Waals surface area (Å²) in [5.41, 5.74) is 2.15. The average molecular weight is 495 g/mol. The first-order valence-electron chi connectivity index (χ1n) is 9.54. The van der Waals surface area contributed by atoms with E-state index in [4.69, 9.17) is 21.7 Å². The number of carbonyl (C=O) groups excluding carboxylic acids is 1. The van der Waals surface area contributed by atoms with Gasteiger partial charge in [0.15, 0.2) is 0 Å². The van der Waals surface area contributed by atoms with Crippen molar-refractivity contribution in [2.45, 2.75) is 19.8 Å². The van der Waals surface area contributed by atoms with Gasteiger partial charge in [-0.05, 0) is 53.9 Å². The van der Waals surface area contributed by atoms with Gasteiger partial charge in [0.2, 0.25) is 5.88 Å². The molecule has 0 bridgehead atoms. The molecule has 0 aromatic carbocycles. The first-order valence-corrected chi connectivity index (χ1v) is 10.7. The highest BCUT2D eigenvalue weighted by Crippen LogP contribution is 2.21. The van der Waals surface area contributed by atoms with E-state index in [1.165, 1.54) is 6.20 Å². The number of rotatable bonds is 11. The monoisotopic (exact) mass is 493 g/mol. The van der Waals surface area contributed by atoms with Crippen molar-refractivity contribution in [2.75, 3.05) is 32.1 Å². The van der Waals surface area contributed by atoms with Gasteiger partial charge in [-0.15, -0.1) is 0 Å². The Bertz CT molecular complexity index is 922. The minimum atomic E-state index is -0.163. The largest absolute Gasteiger partial charge is 0.477 e. The second kappa shape index (κ2) is 11.7. The second-order valence-electron chi connectivity index (χ2n) is 6.35. The minimum Gasteiger partial charge on any atom is -0.477 e. The van der Waals surface area contributed by atoms with Crippen LogP contribution in [0, 0.1) is 5.41 Å². The summed E-state index contributed by atoms with van der Waals surface area (Å²) in [5, 5.41) is 11.3. The van der Waals surface area contributed by atoms with Crippen LogP contribution in [0.1, 0.15) is 41.5 Å². The fourth-order valence-electron chi connectivity index (χ4n) is 2.80. The molecule has 0 atom stereocenters. The predicted octanol–water partition coefficient (Wildman–Crippen LogP) is 4.86. The zero-order valence-electron chi connectivity index (χ0n) is 17.0. The van der Waals surface area contributed by atoms with Crippen LogP contribution in [0.3, 0.4) is 0 Å². The summed E-state index contributed by atoms with van der Waals surface area (Å²) in [4.78, 5) is 23.1. The summed E-state index contributed by atoms with van der Waals surface area (Å²) < 4.78 is 5.84. The van der Waals surface area contributed by atoms with Crippen molar-refractivity contribution in [3.05, 3.63) is 52.9 Å². The summed E-state index contributed by atoms with van der Waals surface area (Å²) in [5.74, 6) is 0.334. The van der Waals surface area contributed by atoms with Gasteiger partial charge < -0.3 is 15.0 Å². The van der Waals surface area contributed by atoms with Gasteiger partial charge in [0.05, 0.1) is 17.3 Å². The summed E-state index contributed by atoms with van der Waals surface area (Å²) >= 11 is 9.06. The molecular formula is C21H25BrClN5O2. The molecule has 2 aromatic rings. The molecule has 9 heteroatoms. The highest BCUT2D eigenvalue weighted by molar-refractivity contribution is 9.18. The highest BCUT2D eigenvalue weighted by atomic mass is 79.9. The standard InChI is InChI=1S/C21H25BrClN5O2/c1-4-14-12-15(23)13-26-20(14)30-11-7-6-10-28(5-2)21(29)17-9-8-16(25-3)18(27-17)19(22)24/h4,8-9,12-13,24-25H,1,5-7,10-11H2,2-3H3. The molecule has 0 radical (unpaired) electrons. The second-order valence-corrected chi connectivity index (χ2v) is 7.58. The van der Waals surface area contributed by atoms with Gasteiger partial charge in [-0.25, -0.2) is 9.97 Å². The smallest absolute Gasteiger partial charge is 0.272 e. The van der Waals surface area contributed by atoms with Gasteiger partial charge in [-0.2, -0.15) is 0 Å². The van der Waals surface area contributed by atoms with E-state index in [2.05, 4.69) is 37.8 Å². The zero-order chi connectivity index (χ0) is 22.1. The van der Waals surface area contributed by atoms with Crippen LogP contribution in [0.4, 0.5) is 5.69 Å². The summed E-state index contributed by atoms with van der Waals surface area (Å²) in [7, 11) is 1.75. The molecule has 0 saturated carbocycles. The van der Waals surface area contributed by atoms with Crippen LogP contribution in [0.5, 0.6) is 5.88 Å². The maximum absolute atomic E-state index is 12.8. The fraction of sp³-hybridized carbons (Fsp3) is 0.333. The Hall–Kier alpha value is -2.45. The number of hydrogen-bond donors (Lipinski definition) is 2. The molecule has 0 aliphatic heterocycles. The molecule has 0 aliphatic rings. The van der Waals surface area contributed by atoms with E-state index in [9.17, 15) is 4.79 Å². The number of pyridine rings is 2. The Morgan fingerprint density at radius 3 is 2.83 bits per heavy atom. The van der Waals surface area contributed by atoms with Crippen molar-refractivity contribution in [1.82, 2.24) is 14.9 Å². The molecule has 0 saturated heterocycles. The number of nitrogens with zero attached hydrogens (tertiary/aromatic N) is 3. The van der Waals surface area contributed by atoms with Crippen molar-refractivity contribution >= 4 is 49.8 Å². The lowest BCUT2D eigenvalue weighted by molar-refractivity contribution is 0.0753. The van der Waals surface area contributed by atoms with Crippen LogP contribution in [-0.4, -0.2) is 52.1 Å². The minimum absolute atomic E-state index is 0.122. The lowest BCUT2D eigenvalue weighted by atomic mass is 10.2. The first kappa shape index (κ1) is 23.8. The molecule has 0 fully saturated rings. The quantitative estimate of drug-likeness (QED) is 0.344. The van der Waals surface area contributed by atoms with Crippen molar-refractivity contribution in [3.63, 3.8) is 0 Å². The predicted molar refractivity (Wildman–Crippen MR) is 125 cm³/mol. The van der Waals surface area contributed by atoms with Gasteiger partial charge in [-0.3, -0.25) is 10.2 Å². The third-order valence-corrected chi connectivity index (χ3v) is 4.97. The van der Waals surface area contributed by atoms with Gasteiger partial charge in [0.1, 0.15) is 16.0 Å². The number of ether oxygens (including phenoxy) is 1. The van der Waals surface area contributed by atoms with Gasteiger partial charge in [-0.1, -0.05) is 24.3 Å². The Kier molecular flexibility index (Phi) is 9.26. The van der Waals surface area contributed by atoms with E-state index in [1.54, 1.807) is 36.2 Å². The number of hydrogen-bond acceptors (Lipinski definition) is 6. The number of aromatic nitrogens is 2. The normalized spacial score (nSPS) is 10.4. The van der Waals surface area contributed by atoms with Crippen LogP contribution in [0.25, 0.3) is 6.08 Å². The van der Waals surface area contributed by atoms with Crippen LogP contribution in [0.2, 0.25) is 5.02 Å². The van der Waals surface area contributed by atoms with Crippen molar-refractivity contribution in [1.29, 1.82) is 5.41 Å². The van der Waals surface area contributed by atoms with E-state index in [-0.39, 0.29) is 10.5 Å². The summed E-state index contributed by atoms with van der Waals surface area (Å²) in [6.45, 7) is 7.29. The molecule has 1 amide bonds. The van der Waals surface area contributed by atoms with Crippen LogP contribution in [-0.2, 0) is 0 Å². The molecule has 2 heterocycles. The Morgan fingerprint density at radius 1 is 1.43 bits per heavy atom. The maximum atomic E-state index is 12.8. The number of unbranched alkanes of at least 4 members (excludes halogenated alkanes) is 1. The molecule has 30 heavy (non-hydrogen) atoms. The molecular weight excluding hydrogens is 470 g/mol. The summed E-state index contributed by atoms with van der Waals surface area (Å²) in [6, 6.07) is 5.17. The van der Waals surface area contributed by atoms with E-state index in [0.717, 1.165) is 18.4 Å². The van der Waals surface area contributed by atoms with Crippen molar-refractivity contribution in [3.8, 4) is 5.88 Å². The molecule has 0 aliphatic carbocycles. The molecule has 160 valence electrons. The zero-order valence-corrected chi connectivity index (χ0v) is 19.4. The van der Waals surface area contributed by atoms with Crippen LogP contribution >= 0.6 is 27.5 Å². The van der Waals surface area contributed by atoms with Crippen LogP contribution < -0.4 is 10.1 Å². The summed E-state index contributed by atoms with van der Waals surface area (Å²) in [6.07, 6.45) is 4.72. The number of halogens is 2. The maximum Gasteiger partial charge on any atom is 0.272 e. The van der Waals surface area contributed by atoms with E-state index < -0.39 is 0 Å². The number of carbonyl (C=O) groups is 1. The first-order chi connectivity index (χ1) is 14.4. The van der Waals surface area contributed by atoms with E-state index in [1.807, 2.05) is 6.92 Å².